The van der Waals surface area contributed by atoms with Crippen LogP contribution in [0.1, 0.15) is 65.5 Å². The minimum Gasteiger partial charge on any atom is -0.374 e. The molecule has 1 aliphatic heterocycles. The number of fused-ring (bicyclic) bond motifs is 1. The molecule has 0 N–H and O–H groups in total. The van der Waals surface area contributed by atoms with Gasteiger partial charge >= 0.3 is 0 Å². The molecule has 2 rings (SSSR count). The number of aryl methyl sites for hydroxylation is 2. The first-order valence-electron chi connectivity index (χ1n) is 8.08. The summed E-state index contributed by atoms with van der Waals surface area (Å²) in [5.41, 5.74) is 4.34. The zero-order valence-electron chi connectivity index (χ0n) is 14.5. The van der Waals surface area contributed by atoms with Gasteiger partial charge in [0.2, 0.25) is 0 Å². The van der Waals surface area contributed by atoms with Crippen molar-refractivity contribution in [1.82, 2.24) is 0 Å². The van der Waals surface area contributed by atoms with E-state index in [1.165, 1.54) is 42.6 Å². The van der Waals surface area contributed by atoms with E-state index in [2.05, 4.69) is 37.1 Å². The van der Waals surface area contributed by atoms with Crippen LogP contribution in [0.15, 0.2) is 18.2 Å². The van der Waals surface area contributed by atoms with Crippen LogP contribution in [0, 0.1) is 6.92 Å². The van der Waals surface area contributed by atoms with E-state index in [9.17, 15) is 0 Å². The maximum atomic E-state index is 2.38. The average molecular weight is 265 g/mol. The number of nitrogens with zero attached hydrogens (tertiary/aromatic N) is 1. The second-order valence-electron chi connectivity index (χ2n) is 4.01. The second kappa shape index (κ2) is 13.5. The largest absolute Gasteiger partial charge is 0.374 e. The van der Waals surface area contributed by atoms with Gasteiger partial charge in [-0.3, -0.25) is 0 Å². The molecule has 1 nitrogen and oxygen atoms in total. The highest BCUT2D eigenvalue weighted by atomic mass is 15.1. The normalized spacial score (nSPS) is 12.3. The third-order valence-corrected chi connectivity index (χ3v) is 2.84. The van der Waals surface area contributed by atoms with Crippen LogP contribution < -0.4 is 4.90 Å². The van der Waals surface area contributed by atoms with E-state index in [0.717, 1.165) is 0 Å². The minimum atomic E-state index is 1.20. The van der Waals surface area contributed by atoms with Gasteiger partial charge in [0.1, 0.15) is 0 Å². The highest BCUT2D eigenvalue weighted by Gasteiger charge is 2.10. The maximum absolute atomic E-state index is 2.38. The molecule has 19 heavy (non-hydrogen) atoms. The Morgan fingerprint density at radius 3 is 2.05 bits per heavy atom. The zero-order chi connectivity index (χ0) is 15.3. The lowest BCUT2D eigenvalue weighted by Gasteiger charge is -2.19. The molecule has 0 fully saturated rings. The molecule has 0 bridgehead atoms. The molecule has 0 amide bonds. The van der Waals surface area contributed by atoms with Crippen molar-refractivity contribution >= 4 is 5.69 Å². The van der Waals surface area contributed by atoms with Crippen LogP contribution in [0.25, 0.3) is 0 Å². The van der Waals surface area contributed by atoms with E-state index in [1.807, 2.05) is 41.5 Å². The zero-order valence-corrected chi connectivity index (χ0v) is 14.5. The molecule has 1 heteroatoms. The van der Waals surface area contributed by atoms with E-state index in [-0.39, 0.29) is 0 Å². The molecule has 0 atom stereocenters. The van der Waals surface area contributed by atoms with E-state index in [1.54, 1.807) is 0 Å². The Kier molecular flexibility index (Phi) is 14.4. The lowest BCUT2D eigenvalue weighted by atomic mass is 10.1. The summed E-state index contributed by atoms with van der Waals surface area (Å²) in [6.45, 7) is 15.4. The Morgan fingerprint density at radius 2 is 1.47 bits per heavy atom. The predicted molar refractivity (Wildman–Crippen MR) is 91.4 cm³/mol. The van der Waals surface area contributed by atoms with E-state index >= 15 is 0 Å². The van der Waals surface area contributed by atoms with E-state index in [0.29, 0.717) is 0 Å². The van der Waals surface area contributed by atoms with Crippen LogP contribution in [0.2, 0.25) is 0 Å². The van der Waals surface area contributed by atoms with Crippen LogP contribution in [0.5, 0.6) is 0 Å². The van der Waals surface area contributed by atoms with Gasteiger partial charge in [0.15, 0.2) is 0 Å². The van der Waals surface area contributed by atoms with Gasteiger partial charge in [0, 0.05) is 19.3 Å². The lowest BCUT2D eigenvalue weighted by molar-refractivity contribution is 0.750. The topological polar surface area (TPSA) is 3.24 Å². The minimum absolute atomic E-state index is 1.20. The van der Waals surface area contributed by atoms with Gasteiger partial charge in [-0.05, 0) is 37.8 Å². The van der Waals surface area contributed by atoms with Gasteiger partial charge in [0.05, 0.1) is 0 Å². The SMILES string of the molecule is CC.CC.CC.Cc1ccc2c(c1)CCCCN2C. The third kappa shape index (κ3) is 7.25. The van der Waals surface area contributed by atoms with Crippen LogP contribution in [0.4, 0.5) is 5.69 Å². The highest BCUT2D eigenvalue weighted by Crippen LogP contribution is 2.25. The first kappa shape index (κ1) is 20.3. The van der Waals surface area contributed by atoms with Crippen molar-refractivity contribution in [2.75, 3.05) is 18.5 Å². The molecule has 0 radical (unpaired) electrons. The van der Waals surface area contributed by atoms with Crippen LogP contribution in [-0.4, -0.2) is 13.6 Å². The monoisotopic (exact) mass is 265 g/mol. The van der Waals surface area contributed by atoms with Crippen molar-refractivity contribution in [2.24, 2.45) is 0 Å². The van der Waals surface area contributed by atoms with Gasteiger partial charge in [-0.15, -0.1) is 0 Å². The summed E-state index contributed by atoms with van der Waals surface area (Å²) in [5, 5.41) is 0. The molecule has 0 saturated heterocycles. The summed E-state index contributed by atoms with van der Waals surface area (Å²) in [6.07, 6.45) is 3.91. The standard InChI is InChI=1S/C12H17N.3C2H6/c1-10-6-7-12-11(9-10)5-3-4-8-13(12)2;3*1-2/h6-7,9H,3-5,8H2,1-2H3;3*1-2H3. The summed E-state index contributed by atoms with van der Waals surface area (Å²) < 4.78 is 0. The average Bonchev–Trinajstić information content (AvgIpc) is 2.67. The van der Waals surface area contributed by atoms with Crippen molar-refractivity contribution in [1.29, 1.82) is 0 Å². The highest BCUT2D eigenvalue weighted by molar-refractivity contribution is 5.55. The van der Waals surface area contributed by atoms with Gasteiger partial charge in [-0.25, -0.2) is 0 Å². The van der Waals surface area contributed by atoms with Gasteiger partial charge in [-0.1, -0.05) is 59.2 Å². The first-order chi connectivity index (χ1) is 9.27. The summed E-state index contributed by atoms with van der Waals surface area (Å²) in [7, 11) is 2.19. The Bertz CT molecular complexity index is 305. The number of benzene rings is 1. The summed E-state index contributed by atoms with van der Waals surface area (Å²) in [4.78, 5) is 2.38. The van der Waals surface area contributed by atoms with Crippen molar-refractivity contribution in [2.45, 2.75) is 67.7 Å². The quantitative estimate of drug-likeness (QED) is 0.569. The van der Waals surface area contributed by atoms with Gasteiger partial charge < -0.3 is 4.90 Å². The molecule has 112 valence electrons. The molecule has 0 spiro atoms. The molecule has 1 heterocycles. The molecule has 1 aromatic carbocycles. The smallest absolute Gasteiger partial charge is 0.0396 e. The fourth-order valence-corrected chi connectivity index (χ4v) is 2.07. The lowest BCUT2D eigenvalue weighted by Crippen LogP contribution is -2.17. The van der Waals surface area contributed by atoms with E-state index < -0.39 is 0 Å². The van der Waals surface area contributed by atoms with Crippen LogP contribution in [-0.2, 0) is 6.42 Å². The Labute approximate surface area is 122 Å². The molecule has 0 aliphatic carbocycles. The molecule has 1 aliphatic rings. The number of hydrogen-bond donors (Lipinski definition) is 0. The number of rotatable bonds is 0. The Hall–Kier alpha value is -0.980. The molecule has 0 unspecified atom stereocenters. The fourth-order valence-electron chi connectivity index (χ4n) is 2.07. The van der Waals surface area contributed by atoms with Gasteiger partial charge in [0.25, 0.3) is 0 Å². The third-order valence-electron chi connectivity index (χ3n) is 2.84. The molecule has 0 aromatic heterocycles. The summed E-state index contributed by atoms with van der Waals surface area (Å²) >= 11 is 0. The van der Waals surface area contributed by atoms with Crippen LogP contribution in [0.3, 0.4) is 0 Å². The Balaban J connectivity index is 0. The molecular weight excluding hydrogens is 230 g/mol. The Morgan fingerprint density at radius 1 is 0.895 bits per heavy atom. The summed E-state index contributed by atoms with van der Waals surface area (Å²) in [5.74, 6) is 0. The fraction of sp³-hybridized carbons (Fsp3) is 0.667. The second-order valence-corrected chi connectivity index (χ2v) is 4.01. The first-order valence-corrected chi connectivity index (χ1v) is 8.08. The summed E-state index contributed by atoms with van der Waals surface area (Å²) in [6, 6.07) is 6.80. The van der Waals surface area contributed by atoms with E-state index in [4.69, 9.17) is 0 Å². The molecule has 0 saturated carbocycles. The van der Waals surface area contributed by atoms with Gasteiger partial charge in [-0.2, -0.15) is 0 Å². The maximum Gasteiger partial charge on any atom is 0.0396 e. The van der Waals surface area contributed by atoms with Crippen molar-refractivity contribution in [3.8, 4) is 0 Å². The predicted octanol–water partition coefficient (Wildman–Crippen LogP) is 5.85. The molecular formula is C18H35N. The van der Waals surface area contributed by atoms with Crippen LogP contribution >= 0.6 is 0 Å². The van der Waals surface area contributed by atoms with Crippen molar-refractivity contribution in [3.63, 3.8) is 0 Å². The number of hydrogen-bond acceptors (Lipinski definition) is 1. The molecule has 1 aromatic rings. The van der Waals surface area contributed by atoms with Crippen molar-refractivity contribution < 1.29 is 0 Å². The van der Waals surface area contributed by atoms with Crippen molar-refractivity contribution in [3.05, 3.63) is 29.3 Å². The number of anilines is 1.